The van der Waals surface area contributed by atoms with E-state index in [1.807, 2.05) is 43.3 Å². The summed E-state index contributed by atoms with van der Waals surface area (Å²) in [4.78, 5) is 44.2. The molecule has 0 saturated carbocycles. The van der Waals surface area contributed by atoms with Crippen LogP contribution < -0.4 is 15.5 Å². The minimum absolute atomic E-state index is 0.0673. The maximum absolute atomic E-state index is 13.4. The lowest BCUT2D eigenvalue weighted by Crippen LogP contribution is -2.50. The molecule has 0 atom stereocenters. The summed E-state index contributed by atoms with van der Waals surface area (Å²) in [6.45, 7) is 4.27. The first-order chi connectivity index (χ1) is 21.2. The minimum Gasteiger partial charge on any atom is -0.368 e. The molecule has 226 valence electrons. The SMILES string of the molecule is Cc1ccc(NC(=O)N2CCN(c3ccc(NC(=O)CN(Cc4ccc(F)cc4)C(=O)c4ccc(F)cc4)cc3)CC2)cc1. The molecule has 4 amide bonds. The normalized spacial score (nSPS) is 12.9. The van der Waals surface area contributed by atoms with Gasteiger partial charge in [0.05, 0.1) is 0 Å². The van der Waals surface area contributed by atoms with Crippen LogP contribution in [0, 0.1) is 18.6 Å². The Morgan fingerprint density at radius 3 is 1.86 bits per heavy atom. The highest BCUT2D eigenvalue weighted by Crippen LogP contribution is 2.21. The topological polar surface area (TPSA) is 85.0 Å². The van der Waals surface area contributed by atoms with Crippen LogP contribution in [-0.4, -0.2) is 60.4 Å². The molecule has 1 aliphatic rings. The fourth-order valence-corrected chi connectivity index (χ4v) is 4.92. The Morgan fingerprint density at radius 1 is 0.705 bits per heavy atom. The first kappa shape index (κ1) is 30.2. The summed E-state index contributed by atoms with van der Waals surface area (Å²) >= 11 is 0. The fourth-order valence-electron chi connectivity index (χ4n) is 4.92. The molecule has 1 fully saturated rings. The smallest absolute Gasteiger partial charge is 0.321 e. The van der Waals surface area contributed by atoms with Crippen molar-refractivity contribution in [2.24, 2.45) is 0 Å². The van der Waals surface area contributed by atoms with Crippen molar-refractivity contribution in [1.82, 2.24) is 9.80 Å². The van der Waals surface area contributed by atoms with E-state index < -0.39 is 23.4 Å². The van der Waals surface area contributed by atoms with Crippen LogP contribution in [0.5, 0.6) is 0 Å². The van der Waals surface area contributed by atoms with Gasteiger partial charge in [0.1, 0.15) is 18.2 Å². The number of halogens is 2. The zero-order valence-corrected chi connectivity index (χ0v) is 24.3. The number of hydrogen-bond donors (Lipinski definition) is 2. The van der Waals surface area contributed by atoms with E-state index in [1.54, 1.807) is 29.2 Å². The quantitative estimate of drug-likeness (QED) is 0.265. The monoisotopic (exact) mass is 597 g/mol. The Kier molecular flexibility index (Phi) is 9.49. The molecule has 5 rings (SSSR count). The van der Waals surface area contributed by atoms with E-state index in [1.165, 1.54) is 41.3 Å². The maximum Gasteiger partial charge on any atom is 0.321 e. The van der Waals surface area contributed by atoms with Gasteiger partial charge in [-0.25, -0.2) is 13.6 Å². The predicted molar refractivity (Wildman–Crippen MR) is 167 cm³/mol. The number of rotatable bonds is 8. The van der Waals surface area contributed by atoms with Crippen molar-refractivity contribution in [2.75, 3.05) is 48.3 Å². The van der Waals surface area contributed by atoms with Gasteiger partial charge in [-0.3, -0.25) is 9.59 Å². The maximum atomic E-state index is 13.4. The van der Waals surface area contributed by atoms with Gasteiger partial charge < -0.3 is 25.3 Å². The first-order valence-corrected chi connectivity index (χ1v) is 14.3. The average molecular weight is 598 g/mol. The van der Waals surface area contributed by atoms with Gasteiger partial charge in [0.25, 0.3) is 5.91 Å². The van der Waals surface area contributed by atoms with E-state index in [0.29, 0.717) is 37.4 Å². The average Bonchev–Trinajstić information content (AvgIpc) is 3.03. The second kappa shape index (κ2) is 13.8. The Labute approximate surface area is 254 Å². The van der Waals surface area contributed by atoms with Crippen molar-refractivity contribution >= 4 is 34.9 Å². The number of nitrogens with zero attached hydrogens (tertiary/aromatic N) is 3. The van der Waals surface area contributed by atoms with Gasteiger partial charge in [-0.2, -0.15) is 0 Å². The van der Waals surface area contributed by atoms with E-state index in [4.69, 9.17) is 0 Å². The van der Waals surface area contributed by atoms with Crippen molar-refractivity contribution < 1.29 is 23.2 Å². The highest BCUT2D eigenvalue weighted by atomic mass is 19.1. The molecule has 4 aromatic rings. The summed E-state index contributed by atoms with van der Waals surface area (Å²) in [5.41, 5.74) is 4.30. The van der Waals surface area contributed by atoms with Crippen LogP contribution in [0.4, 0.5) is 30.6 Å². The molecule has 0 aliphatic carbocycles. The summed E-state index contributed by atoms with van der Waals surface area (Å²) in [5.74, 6) is -1.75. The van der Waals surface area contributed by atoms with Crippen molar-refractivity contribution in [3.05, 3.63) is 125 Å². The molecule has 1 saturated heterocycles. The van der Waals surface area contributed by atoms with Gasteiger partial charge in [-0.15, -0.1) is 0 Å². The van der Waals surface area contributed by atoms with Gasteiger partial charge >= 0.3 is 6.03 Å². The zero-order valence-electron chi connectivity index (χ0n) is 24.3. The summed E-state index contributed by atoms with van der Waals surface area (Å²) in [6, 6.07) is 25.7. The van der Waals surface area contributed by atoms with Gasteiger partial charge in [0, 0.05) is 55.3 Å². The van der Waals surface area contributed by atoms with Crippen molar-refractivity contribution in [3.8, 4) is 0 Å². The van der Waals surface area contributed by atoms with E-state index in [9.17, 15) is 23.2 Å². The molecule has 8 nitrogen and oxygen atoms in total. The van der Waals surface area contributed by atoms with Crippen LogP contribution in [0.2, 0.25) is 0 Å². The molecular formula is C34H33F2N5O3. The van der Waals surface area contributed by atoms with E-state index in [-0.39, 0.29) is 24.7 Å². The molecule has 0 aromatic heterocycles. The largest absolute Gasteiger partial charge is 0.368 e. The van der Waals surface area contributed by atoms with Crippen molar-refractivity contribution in [3.63, 3.8) is 0 Å². The number of hydrogen-bond acceptors (Lipinski definition) is 4. The minimum atomic E-state index is -0.474. The van der Waals surface area contributed by atoms with Gasteiger partial charge in [-0.1, -0.05) is 29.8 Å². The Morgan fingerprint density at radius 2 is 1.25 bits per heavy atom. The third-order valence-corrected chi connectivity index (χ3v) is 7.39. The molecule has 10 heteroatoms. The lowest BCUT2D eigenvalue weighted by Gasteiger charge is -2.36. The number of benzene rings is 4. The van der Waals surface area contributed by atoms with Crippen LogP contribution in [0.1, 0.15) is 21.5 Å². The number of amides is 4. The Bertz CT molecular complexity index is 1590. The highest BCUT2D eigenvalue weighted by Gasteiger charge is 2.22. The van der Waals surface area contributed by atoms with Crippen LogP contribution in [-0.2, 0) is 11.3 Å². The van der Waals surface area contributed by atoms with E-state index in [2.05, 4.69) is 15.5 Å². The Hall–Kier alpha value is -5.25. The van der Waals surface area contributed by atoms with Crippen LogP contribution in [0.25, 0.3) is 0 Å². The number of carbonyl (C=O) groups excluding carboxylic acids is 3. The van der Waals surface area contributed by atoms with Gasteiger partial charge in [0.15, 0.2) is 0 Å². The third kappa shape index (κ3) is 7.97. The number of nitrogens with one attached hydrogen (secondary N) is 2. The molecule has 0 radical (unpaired) electrons. The number of carbonyl (C=O) groups is 3. The van der Waals surface area contributed by atoms with E-state index in [0.717, 1.165) is 16.9 Å². The molecule has 0 spiro atoms. The zero-order chi connectivity index (χ0) is 31.1. The number of urea groups is 1. The van der Waals surface area contributed by atoms with Gasteiger partial charge in [-0.05, 0) is 85.3 Å². The molecule has 0 unspecified atom stereocenters. The number of anilines is 3. The highest BCUT2D eigenvalue weighted by molar-refractivity contribution is 5.99. The summed E-state index contributed by atoms with van der Waals surface area (Å²) in [6.07, 6.45) is 0. The Balaban J connectivity index is 1.16. The van der Waals surface area contributed by atoms with E-state index >= 15 is 0 Å². The summed E-state index contributed by atoms with van der Waals surface area (Å²) < 4.78 is 26.8. The first-order valence-electron chi connectivity index (χ1n) is 14.3. The van der Waals surface area contributed by atoms with Crippen molar-refractivity contribution in [2.45, 2.75) is 13.5 Å². The molecular weight excluding hydrogens is 564 g/mol. The molecule has 1 heterocycles. The molecule has 1 aliphatic heterocycles. The second-order valence-corrected chi connectivity index (χ2v) is 10.7. The summed E-state index contributed by atoms with van der Waals surface area (Å²) in [5, 5.41) is 5.77. The second-order valence-electron chi connectivity index (χ2n) is 10.7. The summed E-state index contributed by atoms with van der Waals surface area (Å²) in [7, 11) is 0. The van der Waals surface area contributed by atoms with Crippen LogP contribution >= 0.6 is 0 Å². The number of aryl methyl sites for hydroxylation is 1. The third-order valence-electron chi connectivity index (χ3n) is 7.39. The lowest BCUT2D eigenvalue weighted by molar-refractivity contribution is -0.117. The van der Waals surface area contributed by atoms with Crippen molar-refractivity contribution in [1.29, 1.82) is 0 Å². The molecule has 0 bridgehead atoms. The van der Waals surface area contributed by atoms with Crippen LogP contribution in [0.15, 0.2) is 97.1 Å². The van der Waals surface area contributed by atoms with Crippen LogP contribution in [0.3, 0.4) is 0 Å². The molecule has 4 aromatic carbocycles. The van der Waals surface area contributed by atoms with Gasteiger partial charge in [0.2, 0.25) is 5.91 Å². The fraction of sp³-hybridized carbons (Fsp3) is 0.206. The molecule has 44 heavy (non-hydrogen) atoms. The number of piperazine rings is 1. The lowest BCUT2D eigenvalue weighted by atomic mass is 10.1. The standard InChI is InChI=1S/C34H33F2N5O3/c1-24-2-12-30(13-3-24)38-34(44)40-20-18-39(19-21-40)31-16-14-29(15-17-31)37-32(42)23-41(22-25-4-8-27(35)9-5-25)33(43)26-6-10-28(36)11-7-26/h2-17H,18-23H2,1H3,(H,37,42)(H,38,44). The molecule has 2 N–H and O–H groups in total. The predicted octanol–water partition coefficient (Wildman–Crippen LogP) is 5.91.